The highest BCUT2D eigenvalue weighted by Gasteiger charge is 2.18. The highest BCUT2D eigenvalue weighted by molar-refractivity contribution is 5.96. The summed E-state index contributed by atoms with van der Waals surface area (Å²) < 4.78 is 6.02. The van der Waals surface area contributed by atoms with Gasteiger partial charge in [0.15, 0.2) is 5.69 Å². The van der Waals surface area contributed by atoms with E-state index in [-0.39, 0.29) is 11.6 Å². The molecule has 0 unspecified atom stereocenters. The van der Waals surface area contributed by atoms with E-state index in [2.05, 4.69) is 46.1 Å². The van der Waals surface area contributed by atoms with Crippen LogP contribution in [0, 0.1) is 13.8 Å². The standard InChI is InChI=1S/C20H24N4O3/c1-6-15-12(3)14-8-11(2)7-13(18(14)22-15)10-21-19(25)17-9-16(20(26)27-5)23-24(17)4/h7-9,22H,6,10H2,1-5H3,(H,21,25). The third-order valence-corrected chi connectivity index (χ3v) is 4.80. The Hall–Kier alpha value is -3.09. The minimum absolute atomic E-state index is 0.107. The summed E-state index contributed by atoms with van der Waals surface area (Å²) in [7, 11) is 2.90. The maximum atomic E-state index is 12.6. The first-order chi connectivity index (χ1) is 12.8. The van der Waals surface area contributed by atoms with Crippen LogP contribution in [0.4, 0.5) is 0 Å². The lowest BCUT2D eigenvalue weighted by atomic mass is 10.0. The van der Waals surface area contributed by atoms with Gasteiger partial charge in [0.1, 0.15) is 5.69 Å². The zero-order valence-electron chi connectivity index (χ0n) is 16.3. The average Bonchev–Trinajstić information content (AvgIpc) is 3.19. The van der Waals surface area contributed by atoms with Crippen molar-refractivity contribution >= 4 is 22.8 Å². The molecule has 0 aliphatic carbocycles. The third kappa shape index (κ3) is 3.45. The Morgan fingerprint density at radius 1 is 1.26 bits per heavy atom. The van der Waals surface area contributed by atoms with Gasteiger partial charge in [0.25, 0.3) is 5.91 Å². The van der Waals surface area contributed by atoms with Gasteiger partial charge >= 0.3 is 5.97 Å². The monoisotopic (exact) mass is 368 g/mol. The number of amides is 1. The van der Waals surface area contributed by atoms with Gasteiger partial charge in [-0.25, -0.2) is 4.79 Å². The van der Waals surface area contributed by atoms with Crippen molar-refractivity contribution in [2.24, 2.45) is 7.05 Å². The summed E-state index contributed by atoms with van der Waals surface area (Å²) in [4.78, 5) is 27.7. The van der Waals surface area contributed by atoms with Crippen molar-refractivity contribution in [2.75, 3.05) is 7.11 Å². The normalized spacial score (nSPS) is 11.0. The molecule has 0 spiro atoms. The van der Waals surface area contributed by atoms with Crippen LogP contribution >= 0.6 is 0 Å². The average molecular weight is 368 g/mol. The molecule has 0 atom stereocenters. The maximum absolute atomic E-state index is 12.6. The van der Waals surface area contributed by atoms with Crippen molar-refractivity contribution < 1.29 is 14.3 Å². The fourth-order valence-corrected chi connectivity index (χ4v) is 3.36. The van der Waals surface area contributed by atoms with E-state index in [4.69, 9.17) is 0 Å². The molecular weight excluding hydrogens is 344 g/mol. The van der Waals surface area contributed by atoms with Crippen molar-refractivity contribution in [1.82, 2.24) is 20.1 Å². The molecule has 2 N–H and O–H groups in total. The topological polar surface area (TPSA) is 89.0 Å². The number of rotatable bonds is 5. The number of benzene rings is 1. The number of fused-ring (bicyclic) bond motifs is 1. The van der Waals surface area contributed by atoms with Crippen LogP contribution in [0.5, 0.6) is 0 Å². The summed E-state index contributed by atoms with van der Waals surface area (Å²) >= 11 is 0. The van der Waals surface area contributed by atoms with E-state index in [9.17, 15) is 9.59 Å². The van der Waals surface area contributed by atoms with Gasteiger partial charge in [-0.3, -0.25) is 9.48 Å². The molecule has 2 heterocycles. The molecule has 0 aliphatic heterocycles. The molecule has 0 aliphatic rings. The van der Waals surface area contributed by atoms with E-state index < -0.39 is 5.97 Å². The Morgan fingerprint density at radius 3 is 2.67 bits per heavy atom. The predicted molar refractivity (Wildman–Crippen MR) is 103 cm³/mol. The number of methoxy groups -OCH3 is 1. The van der Waals surface area contributed by atoms with Crippen LogP contribution in [-0.4, -0.2) is 33.8 Å². The van der Waals surface area contributed by atoms with E-state index in [1.165, 1.54) is 34.5 Å². The first-order valence-electron chi connectivity index (χ1n) is 8.86. The van der Waals surface area contributed by atoms with Gasteiger partial charge in [0, 0.05) is 30.7 Å². The van der Waals surface area contributed by atoms with E-state index in [0.29, 0.717) is 12.2 Å². The molecule has 0 saturated heterocycles. The van der Waals surface area contributed by atoms with Gasteiger partial charge in [0.2, 0.25) is 0 Å². The minimum Gasteiger partial charge on any atom is -0.464 e. The Labute approximate surface area is 157 Å². The number of H-pyrrole nitrogens is 1. The van der Waals surface area contributed by atoms with Gasteiger partial charge in [-0.1, -0.05) is 18.6 Å². The molecule has 7 nitrogen and oxygen atoms in total. The fourth-order valence-electron chi connectivity index (χ4n) is 3.36. The van der Waals surface area contributed by atoms with Crippen LogP contribution in [0.3, 0.4) is 0 Å². The lowest BCUT2D eigenvalue weighted by Gasteiger charge is -2.08. The molecule has 3 rings (SSSR count). The number of aryl methyl sites for hydroxylation is 4. The fraction of sp³-hybridized carbons (Fsp3) is 0.350. The van der Waals surface area contributed by atoms with Gasteiger partial charge in [-0.2, -0.15) is 5.10 Å². The number of hydrogen-bond acceptors (Lipinski definition) is 4. The van der Waals surface area contributed by atoms with E-state index in [1.807, 2.05) is 6.92 Å². The van der Waals surface area contributed by atoms with Crippen LogP contribution in [0.25, 0.3) is 10.9 Å². The van der Waals surface area contributed by atoms with E-state index >= 15 is 0 Å². The number of aromatic nitrogens is 3. The molecular formula is C20H24N4O3. The van der Waals surface area contributed by atoms with Crippen LogP contribution < -0.4 is 5.32 Å². The van der Waals surface area contributed by atoms with Crippen LogP contribution in [-0.2, 0) is 24.8 Å². The van der Waals surface area contributed by atoms with Gasteiger partial charge < -0.3 is 15.0 Å². The molecule has 1 amide bonds. The van der Waals surface area contributed by atoms with Crippen LogP contribution in [0.2, 0.25) is 0 Å². The summed E-state index contributed by atoms with van der Waals surface area (Å²) in [6.07, 6.45) is 0.927. The zero-order chi connectivity index (χ0) is 19.7. The van der Waals surface area contributed by atoms with Crippen LogP contribution in [0.15, 0.2) is 18.2 Å². The molecule has 0 radical (unpaired) electrons. The second-order valence-electron chi connectivity index (χ2n) is 6.64. The number of ether oxygens (including phenoxy) is 1. The quantitative estimate of drug-likeness (QED) is 0.678. The summed E-state index contributed by atoms with van der Waals surface area (Å²) in [6.45, 7) is 6.65. The van der Waals surface area contributed by atoms with Gasteiger partial charge in [-0.05, 0) is 37.5 Å². The highest BCUT2D eigenvalue weighted by Crippen LogP contribution is 2.26. The number of carbonyl (C=O) groups excluding carboxylic acids is 2. The van der Waals surface area contributed by atoms with Crippen molar-refractivity contribution in [2.45, 2.75) is 33.7 Å². The summed E-state index contributed by atoms with van der Waals surface area (Å²) in [5.41, 5.74) is 6.08. The van der Waals surface area contributed by atoms with Gasteiger partial charge in [-0.15, -0.1) is 0 Å². The molecule has 27 heavy (non-hydrogen) atoms. The first kappa shape index (κ1) is 18.7. The molecule has 0 saturated carbocycles. The molecule has 0 bridgehead atoms. The Morgan fingerprint density at radius 2 is 2.00 bits per heavy atom. The van der Waals surface area contributed by atoms with E-state index in [1.54, 1.807) is 7.05 Å². The number of nitrogens with one attached hydrogen (secondary N) is 2. The maximum Gasteiger partial charge on any atom is 0.358 e. The second kappa shape index (κ2) is 7.26. The lowest BCUT2D eigenvalue weighted by molar-refractivity contribution is 0.0593. The Balaban J connectivity index is 1.86. The largest absolute Gasteiger partial charge is 0.464 e. The molecule has 2 aromatic heterocycles. The smallest absolute Gasteiger partial charge is 0.358 e. The molecule has 0 fully saturated rings. The van der Waals surface area contributed by atoms with Crippen molar-refractivity contribution in [3.05, 3.63) is 52.0 Å². The predicted octanol–water partition coefficient (Wildman–Crippen LogP) is 2.80. The second-order valence-corrected chi connectivity index (χ2v) is 6.64. The zero-order valence-corrected chi connectivity index (χ0v) is 16.3. The number of esters is 1. The first-order valence-corrected chi connectivity index (χ1v) is 8.86. The van der Waals surface area contributed by atoms with E-state index in [0.717, 1.165) is 23.1 Å². The highest BCUT2D eigenvalue weighted by atomic mass is 16.5. The molecule has 7 heteroatoms. The minimum atomic E-state index is -0.570. The molecule has 3 aromatic rings. The molecule has 142 valence electrons. The SMILES string of the molecule is CCc1[nH]c2c(CNC(=O)c3cc(C(=O)OC)nn3C)cc(C)cc2c1C. The number of hydrogen-bond donors (Lipinski definition) is 2. The van der Waals surface area contributed by atoms with Crippen LogP contribution in [0.1, 0.15) is 50.3 Å². The Bertz CT molecular complexity index is 1030. The summed E-state index contributed by atoms with van der Waals surface area (Å²) in [6, 6.07) is 5.66. The van der Waals surface area contributed by atoms with Crippen molar-refractivity contribution in [3.63, 3.8) is 0 Å². The summed E-state index contributed by atoms with van der Waals surface area (Å²) in [5.74, 6) is -0.868. The Kier molecular flexibility index (Phi) is 5.03. The van der Waals surface area contributed by atoms with Gasteiger partial charge in [0.05, 0.1) is 12.6 Å². The number of carbonyl (C=O) groups is 2. The third-order valence-electron chi connectivity index (χ3n) is 4.80. The molecule has 1 aromatic carbocycles. The number of nitrogens with zero attached hydrogens (tertiary/aromatic N) is 2. The number of aromatic amines is 1. The summed E-state index contributed by atoms with van der Waals surface area (Å²) in [5, 5.41) is 8.13. The van der Waals surface area contributed by atoms with Crippen molar-refractivity contribution in [3.8, 4) is 0 Å². The van der Waals surface area contributed by atoms with Crippen molar-refractivity contribution in [1.29, 1.82) is 0 Å². The lowest BCUT2D eigenvalue weighted by Crippen LogP contribution is -2.25.